The van der Waals surface area contributed by atoms with E-state index in [9.17, 15) is 9.59 Å². The Morgan fingerprint density at radius 2 is 1.22 bits per heavy atom. The Balaban J connectivity index is 2.53. The van der Waals surface area contributed by atoms with E-state index in [4.69, 9.17) is 8.83 Å². The summed E-state index contributed by atoms with van der Waals surface area (Å²) in [6, 6.07) is 7.42. The second kappa shape index (κ2) is 3.30. The lowest BCUT2D eigenvalue weighted by Gasteiger charge is -1.98. The molecule has 0 aliphatic heterocycles. The zero-order valence-electron chi connectivity index (χ0n) is 8.76. The largest absolute Gasteiger partial charge is 0.413 e. The summed E-state index contributed by atoms with van der Waals surface area (Å²) < 4.78 is 11.8. The van der Waals surface area contributed by atoms with Gasteiger partial charge in [-0.3, -0.25) is 0 Å². The van der Waals surface area contributed by atoms with Crippen LogP contribution in [0.3, 0.4) is 0 Å². The second-order valence-electron chi connectivity index (χ2n) is 3.77. The van der Waals surface area contributed by atoms with E-state index < -0.39 is 0 Å². The van der Waals surface area contributed by atoms with Crippen molar-refractivity contribution in [1.82, 2.24) is 0 Å². The first-order valence-electron chi connectivity index (χ1n) is 5.12. The van der Waals surface area contributed by atoms with E-state index in [1.165, 1.54) is 0 Å². The van der Waals surface area contributed by atoms with Crippen molar-refractivity contribution in [2.45, 2.75) is 0 Å². The van der Waals surface area contributed by atoms with Gasteiger partial charge in [0.2, 0.25) is 0 Å². The van der Waals surface area contributed by atoms with Crippen molar-refractivity contribution in [2.75, 3.05) is 0 Å². The quantitative estimate of drug-likeness (QED) is 0.495. The molecular weight excluding hydrogens is 272 g/mol. The molecule has 2 aromatic heterocycles. The Bertz CT molecular complexity index is 932. The maximum atomic E-state index is 11.4. The Morgan fingerprint density at radius 3 is 1.67 bits per heavy atom. The minimum atomic E-state index is -0.372. The SMILES string of the molecule is O=c1oc2c3ccccc3c3oc(=O)sc3c2s1. The fraction of sp³-hybridized carbons (Fsp3) is 0. The van der Waals surface area contributed by atoms with Gasteiger partial charge in [-0.15, -0.1) is 0 Å². The zero-order valence-corrected chi connectivity index (χ0v) is 10.4. The van der Waals surface area contributed by atoms with Gasteiger partial charge < -0.3 is 8.83 Å². The smallest absolute Gasteiger partial charge is 0.396 e. The summed E-state index contributed by atoms with van der Waals surface area (Å²) in [7, 11) is 0. The molecule has 0 fully saturated rings. The minimum absolute atomic E-state index is 0.372. The second-order valence-corrected chi connectivity index (χ2v) is 5.66. The number of hydrogen-bond donors (Lipinski definition) is 0. The van der Waals surface area contributed by atoms with Crippen molar-refractivity contribution in [2.24, 2.45) is 0 Å². The average molecular weight is 276 g/mol. The molecule has 2 heterocycles. The highest BCUT2D eigenvalue weighted by Gasteiger charge is 2.17. The standard InChI is InChI=1S/C12H4O4S2/c13-11-15-7-5-3-1-2-4-6(5)8-10(9(7)17-11)18-12(14)16-8/h1-4H. The van der Waals surface area contributed by atoms with Crippen LogP contribution in [-0.4, -0.2) is 0 Å². The molecular formula is C12H4O4S2. The van der Waals surface area contributed by atoms with Crippen LogP contribution in [0.2, 0.25) is 0 Å². The van der Waals surface area contributed by atoms with Crippen molar-refractivity contribution in [3.8, 4) is 0 Å². The molecule has 4 nitrogen and oxygen atoms in total. The van der Waals surface area contributed by atoms with Crippen LogP contribution >= 0.6 is 22.7 Å². The third-order valence-electron chi connectivity index (χ3n) is 2.78. The van der Waals surface area contributed by atoms with Crippen LogP contribution in [0.4, 0.5) is 0 Å². The molecule has 0 spiro atoms. The van der Waals surface area contributed by atoms with Crippen LogP contribution in [0.1, 0.15) is 0 Å². The van der Waals surface area contributed by atoms with Crippen molar-refractivity contribution >= 4 is 54.0 Å². The number of fused-ring (bicyclic) bond motifs is 6. The van der Waals surface area contributed by atoms with Gasteiger partial charge in [0.1, 0.15) is 0 Å². The number of hydrogen-bond acceptors (Lipinski definition) is 6. The minimum Gasteiger partial charge on any atom is -0.413 e. The molecule has 0 unspecified atom stereocenters. The van der Waals surface area contributed by atoms with E-state index in [1.54, 1.807) is 0 Å². The normalized spacial score (nSPS) is 11.8. The highest BCUT2D eigenvalue weighted by Crippen LogP contribution is 2.37. The van der Waals surface area contributed by atoms with E-state index in [1.807, 2.05) is 24.3 Å². The summed E-state index contributed by atoms with van der Waals surface area (Å²) in [6.45, 7) is 0. The van der Waals surface area contributed by atoms with E-state index in [0.29, 0.717) is 20.6 Å². The van der Waals surface area contributed by atoms with Crippen molar-refractivity contribution < 1.29 is 8.83 Å². The maximum Gasteiger partial charge on any atom is 0.396 e. The van der Waals surface area contributed by atoms with E-state index in [0.717, 1.165) is 33.4 Å². The Kier molecular flexibility index (Phi) is 1.84. The van der Waals surface area contributed by atoms with Gasteiger partial charge >= 0.3 is 9.88 Å². The van der Waals surface area contributed by atoms with Gasteiger partial charge in [0, 0.05) is 10.8 Å². The number of benzene rings is 2. The molecule has 18 heavy (non-hydrogen) atoms. The topological polar surface area (TPSA) is 60.4 Å². The third kappa shape index (κ3) is 1.19. The van der Waals surface area contributed by atoms with Crippen LogP contribution in [0.15, 0.2) is 42.7 Å². The Labute approximate surface area is 107 Å². The first-order chi connectivity index (χ1) is 8.74. The van der Waals surface area contributed by atoms with E-state index in [2.05, 4.69) is 0 Å². The molecule has 0 bridgehead atoms. The van der Waals surface area contributed by atoms with Gasteiger partial charge in [-0.05, 0) is 0 Å². The molecule has 0 saturated carbocycles. The van der Waals surface area contributed by atoms with Crippen molar-refractivity contribution in [3.05, 3.63) is 43.7 Å². The monoisotopic (exact) mass is 276 g/mol. The maximum absolute atomic E-state index is 11.4. The van der Waals surface area contributed by atoms with Crippen molar-refractivity contribution in [1.29, 1.82) is 0 Å². The molecule has 2 aromatic carbocycles. The fourth-order valence-electron chi connectivity index (χ4n) is 2.09. The first kappa shape index (κ1) is 10.0. The highest BCUT2D eigenvalue weighted by atomic mass is 32.1. The highest BCUT2D eigenvalue weighted by molar-refractivity contribution is 7.24. The molecule has 88 valence electrons. The summed E-state index contributed by atoms with van der Waals surface area (Å²) in [5, 5.41) is 1.58. The number of rotatable bonds is 0. The lowest BCUT2D eigenvalue weighted by Crippen LogP contribution is -1.81. The molecule has 4 rings (SSSR count). The van der Waals surface area contributed by atoms with Gasteiger partial charge in [-0.25, -0.2) is 9.59 Å². The zero-order chi connectivity index (χ0) is 12.3. The van der Waals surface area contributed by atoms with Gasteiger partial charge in [0.15, 0.2) is 11.2 Å². The van der Waals surface area contributed by atoms with Crippen LogP contribution in [0.5, 0.6) is 0 Å². The summed E-state index contributed by atoms with van der Waals surface area (Å²) >= 11 is 2.00. The summed E-state index contributed by atoms with van der Waals surface area (Å²) in [6.07, 6.45) is 0. The molecule has 0 amide bonds. The van der Waals surface area contributed by atoms with E-state index in [-0.39, 0.29) is 9.88 Å². The summed E-state index contributed by atoms with van der Waals surface area (Å²) in [5.74, 6) is 0. The molecule has 0 saturated heterocycles. The van der Waals surface area contributed by atoms with Gasteiger partial charge in [0.05, 0.1) is 9.40 Å². The molecule has 0 radical (unpaired) electrons. The molecule has 0 aliphatic carbocycles. The first-order valence-corrected chi connectivity index (χ1v) is 6.75. The third-order valence-corrected chi connectivity index (χ3v) is 4.59. The van der Waals surface area contributed by atoms with Gasteiger partial charge in [-0.1, -0.05) is 46.9 Å². The molecule has 0 aliphatic rings. The van der Waals surface area contributed by atoms with Gasteiger partial charge in [0.25, 0.3) is 0 Å². The fourth-order valence-corrected chi connectivity index (χ4v) is 3.79. The average Bonchev–Trinajstić information content (AvgIpc) is 2.92. The predicted molar refractivity (Wildman–Crippen MR) is 71.8 cm³/mol. The van der Waals surface area contributed by atoms with Crippen molar-refractivity contribution in [3.63, 3.8) is 0 Å². The van der Waals surface area contributed by atoms with Crippen LogP contribution < -0.4 is 9.88 Å². The molecule has 0 atom stereocenters. The summed E-state index contributed by atoms with van der Waals surface area (Å²) in [5.41, 5.74) is 1.07. The molecule has 6 heteroatoms. The van der Waals surface area contributed by atoms with Crippen LogP contribution in [0, 0.1) is 0 Å². The Hall–Kier alpha value is -1.92. The predicted octanol–water partition coefficient (Wildman–Crippen LogP) is 3.18. The van der Waals surface area contributed by atoms with Crippen LogP contribution in [-0.2, 0) is 0 Å². The molecule has 0 N–H and O–H groups in total. The lowest BCUT2D eigenvalue weighted by molar-refractivity contribution is 0.585. The van der Waals surface area contributed by atoms with Crippen LogP contribution in [0.25, 0.3) is 31.3 Å². The Morgan fingerprint density at radius 1 is 0.778 bits per heavy atom. The van der Waals surface area contributed by atoms with E-state index >= 15 is 0 Å². The lowest BCUT2D eigenvalue weighted by atomic mass is 10.1. The van der Waals surface area contributed by atoms with Gasteiger partial charge in [-0.2, -0.15) is 0 Å². The summed E-state index contributed by atoms with van der Waals surface area (Å²) in [4.78, 5) is 22.1. The molecule has 4 aromatic rings.